The summed E-state index contributed by atoms with van der Waals surface area (Å²) in [5.41, 5.74) is 11.6. The Bertz CT molecular complexity index is 400. The zero-order chi connectivity index (χ0) is 11.1. The third-order valence-corrected chi connectivity index (χ3v) is 8.22. The van der Waals surface area contributed by atoms with Crippen molar-refractivity contribution in [2.24, 2.45) is 11.5 Å². The van der Waals surface area contributed by atoms with Gasteiger partial charge in [0.1, 0.15) is 10.1 Å². The number of allylic oxidation sites excluding steroid dienone is 2. The molecule has 0 bridgehead atoms. The van der Waals surface area contributed by atoms with E-state index in [9.17, 15) is 0 Å². The molecule has 16 heavy (non-hydrogen) atoms. The van der Waals surface area contributed by atoms with Gasteiger partial charge in [-0.2, -0.15) is 0 Å². The van der Waals surface area contributed by atoms with Gasteiger partial charge in [0, 0.05) is 9.81 Å². The fourth-order valence-electron chi connectivity index (χ4n) is 1.80. The van der Waals surface area contributed by atoms with Gasteiger partial charge in [0.05, 0.1) is 8.47 Å². The van der Waals surface area contributed by atoms with Crippen LogP contribution in [0.4, 0.5) is 0 Å². The second-order valence-electron chi connectivity index (χ2n) is 3.77. The van der Waals surface area contributed by atoms with Crippen LogP contribution in [0.5, 0.6) is 0 Å². The molecule has 0 unspecified atom stereocenters. The summed E-state index contributed by atoms with van der Waals surface area (Å²) in [4.78, 5) is 3.17. The highest BCUT2D eigenvalue weighted by Crippen LogP contribution is 2.60. The molecular formula is C10H12N2S4. The van der Waals surface area contributed by atoms with Crippen LogP contribution in [0.3, 0.4) is 0 Å². The average Bonchev–Trinajstić information content (AvgIpc) is 2.83. The molecule has 0 fully saturated rings. The molecule has 0 spiro atoms. The van der Waals surface area contributed by atoms with E-state index in [4.69, 9.17) is 11.5 Å². The molecule has 2 heterocycles. The van der Waals surface area contributed by atoms with Crippen LogP contribution in [-0.4, -0.2) is 0 Å². The summed E-state index contributed by atoms with van der Waals surface area (Å²) in [5, 5.41) is 1.53. The summed E-state index contributed by atoms with van der Waals surface area (Å²) < 4.78 is 2.67. The second-order valence-corrected chi connectivity index (χ2v) is 8.60. The van der Waals surface area contributed by atoms with E-state index in [0.29, 0.717) is 0 Å². The average molecular weight is 288 g/mol. The Labute approximate surface area is 112 Å². The van der Waals surface area contributed by atoms with Crippen LogP contribution in [0, 0.1) is 0 Å². The molecule has 0 aromatic carbocycles. The molecule has 4 N–H and O–H groups in total. The normalized spacial score (nSPS) is 25.8. The van der Waals surface area contributed by atoms with Crippen molar-refractivity contribution >= 4 is 47.0 Å². The molecule has 0 aromatic heterocycles. The van der Waals surface area contributed by atoms with Crippen molar-refractivity contribution in [1.82, 2.24) is 0 Å². The van der Waals surface area contributed by atoms with E-state index in [1.54, 1.807) is 33.3 Å². The predicted molar refractivity (Wildman–Crippen MR) is 78.3 cm³/mol. The van der Waals surface area contributed by atoms with Crippen molar-refractivity contribution in [3.05, 3.63) is 28.3 Å². The van der Waals surface area contributed by atoms with Crippen molar-refractivity contribution in [3.63, 3.8) is 0 Å². The summed E-state index contributed by atoms with van der Waals surface area (Å²) in [6.07, 6.45) is 5.21. The van der Waals surface area contributed by atoms with Gasteiger partial charge in [-0.3, -0.25) is 0 Å². The number of hydrogen-bond donors (Lipinski definition) is 2. The molecule has 0 saturated carbocycles. The predicted octanol–water partition coefficient (Wildman–Crippen LogP) is 3.90. The van der Waals surface area contributed by atoms with Crippen LogP contribution in [-0.2, 0) is 0 Å². The van der Waals surface area contributed by atoms with Crippen LogP contribution in [0.2, 0.25) is 0 Å². The quantitative estimate of drug-likeness (QED) is 0.705. The first-order valence-electron chi connectivity index (χ1n) is 5.17. The standard InChI is InChI=1S/C10H12N2S4/c11-7-8(12)16-10(15-7)9-13-5-3-1-2-4-6(5)14-9/h1-4,11-12H2. The Kier molecular flexibility index (Phi) is 3.17. The van der Waals surface area contributed by atoms with Gasteiger partial charge in [0.25, 0.3) is 0 Å². The van der Waals surface area contributed by atoms with E-state index < -0.39 is 0 Å². The van der Waals surface area contributed by atoms with Crippen LogP contribution in [0.25, 0.3) is 0 Å². The molecule has 3 aliphatic rings. The zero-order valence-electron chi connectivity index (χ0n) is 8.62. The van der Waals surface area contributed by atoms with Crippen molar-refractivity contribution in [3.8, 4) is 0 Å². The Morgan fingerprint density at radius 1 is 0.688 bits per heavy atom. The van der Waals surface area contributed by atoms with E-state index in [0.717, 1.165) is 10.1 Å². The first-order chi connectivity index (χ1) is 7.74. The van der Waals surface area contributed by atoms with Crippen LogP contribution >= 0.6 is 47.0 Å². The topological polar surface area (TPSA) is 52.0 Å². The maximum absolute atomic E-state index is 5.81. The lowest BCUT2D eigenvalue weighted by Gasteiger charge is -2.09. The smallest absolute Gasteiger partial charge is 0.101 e. The van der Waals surface area contributed by atoms with Crippen LogP contribution < -0.4 is 11.5 Å². The van der Waals surface area contributed by atoms with Crippen molar-refractivity contribution < 1.29 is 0 Å². The van der Waals surface area contributed by atoms with E-state index in [1.165, 1.54) is 34.2 Å². The molecule has 1 aliphatic carbocycles. The summed E-state index contributed by atoms with van der Waals surface area (Å²) in [5.74, 6) is 0. The van der Waals surface area contributed by atoms with Crippen molar-refractivity contribution in [1.29, 1.82) is 0 Å². The molecule has 2 aliphatic heterocycles. The lowest BCUT2D eigenvalue weighted by Crippen LogP contribution is -1.98. The molecule has 0 atom stereocenters. The molecule has 2 nitrogen and oxygen atoms in total. The van der Waals surface area contributed by atoms with E-state index in [-0.39, 0.29) is 0 Å². The molecule has 0 aromatic rings. The van der Waals surface area contributed by atoms with Gasteiger partial charge in [0.15, 0.2) is 0 Å². The molecule has 0 radical (unpaired) electrons. The monoisotopic (exact) mass is 288 g/mol. The SMILES string of the molecule is NC1=C(N)SC(=C2SC3=C(CCCC3)S2)S1. The first-order valence-corrected chi connectivity index (χ1v) is 8.43. The van der Waals surface area contributed by atoms with Gasteiger partial charge in [-0.05, 0) is 25.7 Å². The number of rotatable bonds is 0. The van der Waals surface area contributed by atoms with Gasteiger partial charge in [-0.1, -0.05) is 47.0 Å². The van der Waals surface area contributed by atoms with E-state index >= 15 is 0 Å². The van der Waals surface area contributed by atoms with Gasteiger partial charge < -0.3 is 11.5 Å². The Morgan fingerprint density at radius 3 is 1.62 bits per heavy atom. The fraction of sp³-hybridized carbons (Fsp3) is 0.400. The van der Waals surface area contributed by atoms with Crippen molar-refractivity contribution in [2.45, 2.75) is 25.7 Å². The molecule has 0 saturated heterocycles. The maximum atomic E-state index is 5.81. The highest BCUT2D eigenvalue weighted by Gasteiger charge is 2.29. The largest absolute Gasteiger partial charge is 0.391 e. The van der Waals surface area contributed by atoms with Gasteiger partial charge in [0.2, 0.25) is 0 Å². The fourth-order valence-corrected chi connectivity index (χ4v) is 7.08. The number of nitrogens with two attached hydrogens (primary N) is 2. The summed E-state index contributed by atoms with van der Waals surface area (Å²) >= 11 is 7.12. The lowest BCUT2D eigenvalue weighted by molar-refractivity contribution is 0.718. The van der Waals surface area contributed by atoms with Gasteiger partial charge in [-0.15, -0.1) is 0 Å². The Balaban J connectivity index is 1.79. The van der Waals surface area contributed by atoms with Gasteiger partial charge in [-0.25, -0.2) is 0 Å². The molecular weight excluding hydrogens is 276 g/mol. The van der Waals surface area contributed by atoms with Crippen LogP contribution in [0.1, 0.15) is 25.7 Å². The highest BCUT2D eigenvalue weighted by atomic mass is 32.2. The Morgan fingerprint density at radius 2 is 1.12 bits per heavy atom. The van der Waals surface area contributed by atoms with Crippen molar-refractivity contribution in [2.75, 3.05) is 0 Å². The molecule has 86 valence electrons. The summed E-state index contributed by atoms with van der Waals surface area (Å²) in [6, 6.07) is 0. The first kappa shape index (κ1) is 11.3. The van der Waals surface area contributed by atoms with Gasteiger partial charge >= 0.3 is 0 Å². The van der Waals surface area contributed by atoms with Crippen LogP contribution in [0.15, 0.2) is 28.3 Å². The van der Waals surface area contributed by atoms with E-state index in [1.807, 2.05) is 23.5 Å². The third kappa shape index (κ3) is 2.00. The Hall–Kier alpha value is 0.220. The minimum Gasteiger partial charge on any atom is -0.391 e. The minimum absolute atomic E-state index is 0.763. The maximum Gasteiger partial charge on any atom is 0.101 e. The zero-order valence-corrected chi connectivity index (χ0v) is 11.9. The molecule has 0 amide bonds. The highest BCUT2D eigenvalue weighted by molar-refractivity contribution is 8.34. The third-order valence-electron chi connectivity index (χ3n) is 2.62. The number of thioether (sulfide) groups is 4. The summed E-state index contributed by atoms with van der Waals surface area (Å²) in [6.45, 7) is 0. The molecule has 6 heteroatoms. The lowest BCUT2D eigenvalue weighted by atomic mass is 10.1. The number of hydrogen-bond acceptors (Lipinski definition) is 6. The molecule has 3 rings (SSSR count). The summed E-state index contributed by atoms with van der Waals surface area (Å²) in [7, 11) is 0. The second kappa shape index (κ2) is 4.48. The van der Waals surface area contributed by atoms with E-state index in [2.05, 4.69) is 0 Å². The minimum atomic E-state index is 0.763.